The maximum absolute atomic E-state index is 12.0. The minimum atomic E-state index is -1.27. The molecule has 1 aromatic rings. The van der Waals surface area contributed by atoms with Crippen LogP contribution in [0.4, 0.5) is 0 Å². The number of hydrogen-bond acceptors (Lipinski definition) is 12. The lowest BCUT2D eigenvalue weighted by Crippen LogP contribution is -2.60. The molecule has 0 amide bonds. The predicted molar refractivity (Wildman–Crippen MR) is 130 cm³/mol. The molecule has 13 nitrogen and oxygen atoms in total. The lowest BCUT2D eigenvalue weighted by atomic mass is 9.97. The van der Waals surface area contributed by atoms with Crippen molar-refractivity contribution < 1.29 is 48.0 Å². The van der Waals surface area contributed by atoms with Crippen molar-refractivity contribution in [2.45, 2.75) is 110 Å². The van der Waals surface area contributed by atoms with Gasteiger partial charge in [-0.05, 0) is 19.3 Å². The minimum absolute atomic E-state index is 0.231. The largest absolute Gasteiger partial charge is 0.463 e. The topological polar surface area (TPSA) is 165 Å². The molecule has 0 radical (unpaired) electrons. The Kier molecular flexibility index (Phi) is 13.1. The van der Waals surface area contributed by atoms with E-state index >= 15 is 0 Å². The first-order chi connectivity index (χ1) is 18.1. The molecule has 0 saturated carbocycles. The first-order valence-corrected chi connectivity index (χ1v) is 12.9. The van der Waals surface area contributed by atoms with Crippen molar-refractivity contribution in [3.05, 3.63) is 11.9 Å². The molecular weight excluding hydrogens is 502 g/mol. The molecule has 0 spiro atoms. The quantitative estimate of drug-likeness (QED) is 0.195. The second-order valence-electron chi connectivity index (χ2n) is 9.23. The molecule has 0 bridgehead atoms. The number of carbonyl (C=O) groups is 4. The first kappa shape index (κ1) is 31.2. The van der Waals surface area contributed by atoms with Gasteiger partial charge in [0.25, 0.3) is 0 Å². The van der Waals surface area contributed by atoms with Gasteiger partial charge in [-0.15, -0.1) is 5.10 Å². The lowest BCUT2D eigenvalue weighted by Gasteiger charge is -2.44. The van der Waals surface area contributed by atoms with Crippen LogP contribution in [0.15, 0.2) is 6.20 Å². The number of nitrogens with zero attached hydrogens (tertiary/aromatic N) is 3. The summed E-state index contributed by atoms with van der Waals surface area (Å²) in [5.41, 5.74) is 0.693. The van der Waals surface area contributed by atoms with Gasteiger partial charge in [-0.2, -0.15) is 0 Å². The number of aryl methyl sites for hydroxylation is 1. The summed E-state index contributed by atoms with van der Waals surface area (Å²) in [5, 5.41) is 17.2. The van der Waals surface area contributed by atoms with Crippen molar-refractivity contribution in [1.29, 1.82) is 0 Å². The standard InChI is InChI=1S/C25H39N3O10/c1-16(30)34-15-21-22(35-17(2)31)23(36-18(3)32)24(37-19(4)33)25(38-21)28-14-20(26-27-28)12-10-8-6-5-7-9-11-13-29/h14,21-25,29H,5-13,15H2,1-4H3/t21-,22-,23+,24-,25-/m1/s1. The maximum atomic E-state index is 12.0. The third-order valence-corrected chi connectivity index (χ3v) is 5.88. The number of esters is 4. The second kappa shape index (κ2) is 16.0. The van der Waals surface area contributed by atoms with Crippen molar-refractivity contribution >= 4 is 23.9 Å². The molecule has 1 saturated heterocycles. The minimum Gasteiger partial charge on any atom is -0.463 e. The van der Waals surface area contributed by atoms with Crippen LogP contribution in [0.25, 0.3) is 0 Å². The Morgan fingerprint density at radius 1 is 0.816 bits per heavy atom. The zero-order valence-electron chi connectivity index (χ0n) is 22.5. The molecule has 0 unspecified atom stereocenters. The monoisotopic (exact) mass is 541 g/mol. The number of aromatic nitrogens is 3. The molecule has 0 aliphatic carbocycles. The van der Waals surface area contributed by atoms with E-state index in [0.29, 0.717) is 12.1 Å². The fourth-order valence-electron chi connectivity index (χ4n) is 4.27. The van der Waals surface area contributed by atoms with Crippen LogP contribution in [-0.2, 0) is 49.3 Å². The van der Waals surface area contributed by atoms with Crippen molar-refractivity contribution in [3.8, 4) is 0 Å². The zero-order valence-corrected chi connectivity index (χ0v) is 22.5. The fraction of sp³-hybridized carbons (Fsp3) is 0.760. The zero-order chi connectivity index (χ0) is 28.1. The van der Waals surface area contributed by atoms with E-state index in [2.05, 4.69) is 10.3 Å². The summed E-state index contributed by atoms with van der Waals surface area (Å²) in [5.74, 6) is -2.67. The molecule has 1 aromatic heterocycles. The number of hydrogen-bond donors (Lipinski definition) is 1. The Bertz CT molecular complexity index is 921. The lowest BCUT2D eigenvalue weighted by molar-refractivity contribution is -0.270. The van der Waals surface area contributed by atoms with E-state index in [1.807, 2.05) is 0 Å². The Labute approximate surface area is 222 Å². The Morgan fingerprint density at radius 2 is 1.37 bits per heavy atom. The number of aliphatic hydroxyl groups excluding tert-OH is 1. The molecule has 214 valence electrons. The Hall–Kier alpha value is -3.06. The molecular formula is C25H39N3O10. The van der Waals surface area contributed by atoms with E-state index in [4.69, 9.17) is 28.8 Å². The normalized spacial score (nSPS) is 22.9. The van der Waals surface area contributed by atoms with E-state index in [1.54, 1.807) is 6.20 Å². The van der Waals surface area contributed by atoms with E-state index in [0.717, 1.165) is 44.9 Å². The highest BCUT2D eigenvalue weighted by atomic mass is 16.7. The Balaban J connectivity index is 2.21. The van der Waals surface area contributed by atoms with Crippen molar-refractivity contribution in [1.82, 2.24) is 15.0 Å². The van der Waals surface area contributed by atoms with Crippen LogP contribution in [0.1, 0.15) is 84.6 Å². The first-order valence-electron chi connectivity index (χ1n) is 12.9. The third kappa shape index (κ3) is 10.4. The SMILES string of the molecule is CC(=O)OC[C@H]1O[C@@H](n2cc(CCCCCCCCCO)nn2)[C@H](OC(C)=O)[C@@H](OC(C)=O)[C@@H]1OC(C)=O. The van der Waals surface area contributed by atoms with Crippen molar-refractivity contribution in [2.24, 2.45) is 0 Å². The van der Waals surface area contributed by atoms with Crippen molar-refractivity contribution in [3.63, 3.8) is 0 Å². The summed E-state index contributed by atoms with van der Waals surface area (Å²) in [6.07, 6.45) is 3.51. The molecule has 13 heteroatoms. The van der Waals surface area contributed by atoms with Crippen LogP contribution in [-0.4, -0.2) is 81.6 Å². The van der Waals surface area contributed by atoms with E-state index < -0.39 is 54.5 Å². The molecule has 1 fully saturated rings. The molecule has 38 heavy (non-hydrogen) atoms. The van der Waals surface area contributed by atoms with Crippen LogP contribution in [0, 0.1) is 0 Å². The highest BCUT2D eigenvalue weighted by Crippen LogP contribution is 2.34. The van der Waals surface area contributed by atoms with Gasteiger partial charge in [0.15, 0.2) is 24.5 Å². The number of aliphatic hydroxyl groups is 1. The number of carbonyl (C=O) groups excluding carboxylic acids is 4. The molecule has 2 heterocycles. The smallest absolute Gasteiger partial charge is 0.303 e. The summed E-state index contributed by atoms with van der Waals surface area (Å²) in [6, 6.07) is 0. The summed E-state index contributed by atoms with van der Waals surface area (Å²) in [6.45, 7) is 4.65. The molecule has 5 atom stereocenters. The predicted octanol–water partition coefficient (Wildman–Crippen LogP) is 1.80. The van der Waals surface area contributed by atoms with Crippen molar-refractivity contribution in [2.75, 3.05) is 13.2 Å². The van der Waals surface area contributed by atoms with Gasteiger partial charge < -0.3 is 28.8 Å². The summed E-state index contributed by atoms with van der Waals surface area (Å²) < 4.78 is 28.8. The molecule has 0 aromatic carbocycles. The van der Waals surface area contributed by atoms with Crippen LogP contribution >= 0.6 is 0 Å². The van der Waals surface area contributed by atoms with E-state index in [9.17, 15) is 19.2 Å². The number of rotatable bonds is 15. The molecule has 2 rings (SSSR count). The summed E-state index contributed by atoms with van der Waals surface area (Å²) in [7, 11) is 0. The maximum Gasteiger partial charge on any atom is 0.303 e. The van der Waals surface area contributed by atoms with Gasteiger partial charge in [-0.25, -0.2) is 4.68 Å². The average Bonchev–Trinajstić information content (AvgIpc) is 3.30. The molecule has 1 aliphatic rings. The van der Waals surface area contributed by atoms with Gasteiger partial charge in [0.2, 0.25) is 0 Å². The third-order valence-electron chi connectivity index (χ3n) is 5.88. The van der Waals surface area contributed by atoms with Crippen LogP contribution in [0.3, 0.4) is 0 Å². The number of ether oxygens (including phenoxy) is 5. The van der Waals surface area contributed by atoms with Gasteiger partial charge in [-0.3, -0.25) is 19.2 Å². The molecule has 1 aliphatic heterocycles. The van der Waals surface area contributed by atoms with E-state index in [1.165, 1.54) is 32.4 Å². The van der Waals surface area contributed by atoms with Crippen LogP contribution in [0.2, 0.25) is 0 Å². The highest BCUT2D eigenvalue weighted by Gasteiger charge is 2.53. The summed E-state index contributed by atoms with van der Waals surface area (Å²) >= 11 is 0. The second-order valence-corrected chi connectivity index (χ2v) is 9.23. The van der Waals surface area contributed by atoms with Crippen LogP contribution < -0.4 is 0 Å². The van der Waals surface area contributed by atoms with E-state index in [-0.39, 0.29) is 13.2 Å². The van der Waals surface area contributed by atoms with Crippen LogP contribution in [0.5, 0.6) is 0 Å². The van der Waals surface area contributed by atoms with Gasteiger partial charge in [0.05, 0.1) is 11.9 Å². The Morgan fingerprint density at radius 3 is 1.95 bits per heavy atom. The van der Waals surface area contributed by atoms with Gasteiger partial charge in [-0.1, -0.05) is 37.3 Å². The average molecular weight is 542 g/mol. The molecule has 1 N–H and O–H groups in total. The van der Waals surface area contributed by atoms with Gasteiger partial charge in [0.1, 0.15) is 12.7 Å². The number of unbranched alkanes of at least 4 members (excludes halogenated alkanes) is 6. The van der Waals surface area contributed by atoms with Gasteiger partial charge >= 0.3 is 23.9 Å². The fourth-order valence-corrected chi connectivity index (χ4v) is 4.27. The van der Waals surface area contributed by atoms with Gasteiger partial charge in [0, 0.05) is 34.3 Å². The highest BCUT2D eigenvalue weighted by molar-refractivity contribution is 5.68. The summed E-state index contributed by atoms with van der Waals surface area (Å²) in [4.78, 5) is 47.3.